The van der Waals surface area contributed by atoms with Crippen LogP contribution in [-0.2, 0) is 10.8 Å². The third kappa shape index (κ3) is 11.1. The summed E-state index contributed by atoms with van der Waals surface area (Å²) in [5.41, 5.74) is 6.12. The van der Waals surface area contributed by atoms with Crippen LogP contribution in [0.5, 0.6) is 0 Å². The summed E-state index contributed by atoms with van der Waals surface area (Å²) in [5.74, 6) is 0. The predicted molar refractivity (Wildman–Crippen MR) is 122 cm³/mol. The first kappa shape index (κ1) is 26.7. The van der Waals surface area contributed by atoms with Gasteiger partial charge < -0.3 is 0 Å². The predicted octanol–water partition coefficient (Wildman–Crippen LogP) is 8.64. The number of hydrogen-bond donors (Lipinski definition) is 0. The molecule has 148 valence electrons. The van der Waals surface area contributed by atoms with Crippen molar-refractivity contribution in [3.8, 4) is 0 Å². The lowest BCUT2D eigenvalue weighted by Crippen LogP contribution is -2.11. The average Bonchev–Trinajstić information content (AvgIpc) is 2.47. The quantitative estimate of drug-likeness (QED) is 0.443. The van der Waals surface area contributed by atoms with Gasteiger partial charge in [0.15, 0.2) is 0 Å². The van der Waals surface area contributed by atoms with Gasteiger partial charge in [0.2, 0.25) is 0 Å². The van der Waals surface area contributed by atoms with Crippen molar-refractivity contribution in [2.45, 2.75) is 93.9 Å². The van der Waals surface area contributed by atoms with E-state index in [9.17, 15) is 0 Å². The van der Waals surface area contributed by atoms with Crippen LogP contribution < -0.4 is 0 Å². The fraction of sp³-hybridized carbons (Fsp3) is 0.538. The molecule has 0 aromatic heterocycles. The Morgan fingerprint density at radius 2 is 0.962 bits per heavy atom. The second kappa shape index (κ2) is 11.9. The molecular weight excluding hydrogens is 312 g/mol. The maximum Gasteiger partial charge on any atom is -0.0132 e. The van der Waals surface area contributed by atoms with Gasteiger partial charge in [0.25, 0.3) is 0 Å². The minimum absolute atomic E-state index is 0. The first-order chi connectivity index (χ1) is 11.4. The van der Waals surface area contributed by atoms with Crippen molar-refractivity contribution >= 4 is 0 Å². The van der Waals surface area contributed by atoms with Gasteiger partial charge in [-0.05, 0) is 35.8 Å². The molecule has 0 nitrogen and oxygen atoms in total. The van der Waals surface area contributed by atoms with E-state index in [-0.39, 0.29) is 12.8 Å². The number of rotatable bonds is 0. The van der Waals surface area contributed by atoms with Gasteiger partial charge in [0.1, 0.15) is 0 Å². The summed E-state index contributed by atoms with van der Waals surface area (Å²) in [7, 11) is 0. The molecule has 0 aliphatic carbocycles. The Morgan fingerprint density at radius 3 is 1.23 bits per heavy atom. The van der Waals surface area contributed by atoms with Crippen LogP contribution in [0.4, 0.5) is 0 Å². The van der Waals surface area contributed by atoms with E-state index in [1.807, 2.05) is 0 Å². The molecule has 0 amide bonds. The molecule has 2 aromatic rings. The van der Waals surface area contributed by atoms with Crippen LogP contribution in [0.1, 0.15) is 91.5 Å². The maximum absolute atomic E-state index is 2.27. The number of aryl methyl sites for hydroxylation is 2. The molecule has 0 heteroatoms. The molecule has 0 bridgehead atoms. The highest BCUT2D eigenvalue weighted by Gasteiger charge is 2.13. The van der Waals surface area contributed by atoms with Crippen molar-refractivity contribution in [3.63, 3.8) is 0 Å². The molecule has 0 saturated carbocycles. The summed E-state index contributed by atoms with van der Waals surface area (Å²) in [4.78, 5) is 0. The topological polar surface area (TPSA) is 0 Å². The SMILES string of the molecule is C.CC(C)(C)c1ccccc1.CCC.Cc1cc(C)cc(C(C)(C)C)c1. The minimum Gasteiger partial charge on any atom is -0.0776 e. The molecular formula is C26H44. The molecule has 0 fully saturated rings. The largest absolute Gasteiger partial charge is 0.0776 e. The summed E-state index contributed by atoms with van der Waals surface area (Å²) >= 11 is 0. The second-order valence-corrected chi connectivity index (χ2v) is 8.95. The molecule has 0 heterocycles. The molecule has 2 rings (SSSR count). The molecule has 26 heavy (non-hydrogen) atoms. The van der Waals surface area contributed by atoms with Gasteiger partial charge in [-0.25, -0.2) is 0 Å². The van der Waals surface area contributed by atoms with Gasteiger partial charge in [-0.2, -0.15) is 0 Å². The second-order valence-electron chi connectivity index (χ2n) is 8.95. The Morgan fingerprint density at radius 1 is 0.615 bits per heavy atom. The van der Waals surface area contributed by atoms with Gasteiger partial charge in [-0.15, -0.1) is 0 Å². The van der Waals surface area contributed by atoms with Crippen LogP contribution in [0.15, 0.2) is 48.5 Å². The highest BCUT2D eigenvalue weighted by molar-refractivity contribution is 5.32. The maximum atomic E-state index is 2.27. The highest BCUT2D eigenvalue weighted by atomic mass is 14.2. The molecule has 0 aliphatic heterocycles. The fourth-order valence-corrected chi connectivity index (χ4v) is 2.35. The Kier molecular flexibility index (Phi) is 12.2. The van der Waals surface area contributed by atoms with E-state index in [0.717, 1.165) is 0 Å². The zero-order valence-corrected chi connectivity index (χ0v) is 18.3. The van der Waals surface area contributed by atoms with Gasteiger partial charge in [0, 0.05) is 0 Å². The van der Waals surface area contributed by atoms with E-state index in [2.05, 4.69) is 118 Å². The molecule has 0 unspecified atom stereocenters. The van der Waals surface area contributed by atoms with Crippen LogP contribution in [-0.4, -0.2) is 0 Å². The monoisotopic (exact) mass is 356 g/mol. The van der Waals surface area contributed by atoms with E-state index >= 15 is 0 Å². The van der Waals surface area contributed by atoms with Gasteiger partial charge in [-0.3, -0.25) is 0 Å². The third-order valence-corrected chi connectivity index (χ3v) is 3.73. The standard InChI is InChI=1S/C12H18.C10H14.C3H8.CH4/c1-9-6-10(2)8-11(7-9)12(3,4)5;1-10(2,3)9-7-5-4-6-8-9;1-3-2;/h6-8H,1-5H3;4-8H,1-3H3;3H2,1-2H3;1H4. The van der Waals surface area contributed by atoms with E-state index in [1.165, 1.54) is 28.7 Å². The van der Waals surface area contributed by atoms with Crippen molar-refractivity contribution in [2.75, 3.05) is 0 Å². The van der Waals surface area contributed by atoms with Crippen molar-refractivity contribution < 1.29 is 0 Å². The summed E-state index contributed by atoms with van der Waals surface area (Å²) in [5, 5.41) is 0. The zero-order valence-electron chi connectivity index (χ0n) is 18.3. The minimum atomic E-state index is 0. The summed E-state index contributed by atoms with van der Waals surface area (Å²) in [6.07, 6.45) is 1.25. The lowest BCUT2D eigenvalue weighted by atomic mass is 9.85. The van der Waals surface area contributed by atoms with E-state index in [1.54, 1.807) is 0 Å². The fourth-order valence-electron chi connectivity index (χ4n) is 2.35. The van der Waals surface area contributed by atoms with Gasteiger partial charge in [-0.1, -0.05) is 129 Å². The lowest BCUT2D eigenvalue weighted by molar-refractivity contribution is 0.589. The Balaban J connectivity index is 0. The molecule has 0 aliphatic rings. The van der Waals surface area contributed by atoms with E-state index < -0.39 is 0 Å². The zero-order chi connectivity index (χ0) is 19.7. The normalized spacial score (nSPS) is 10.5. The Hall–Kier alpha value is -1.56. The van der Waals surface area contributed by atoms with Crippen LogP contribution in [0, 0.1) is 13.8 Å². The van der Waals surface area contributed by atoms with Crippen molar-refractivity contribution in [1.82, 2.24) is 0 Å². The highest BCUT2D eigenvalue weighted by Crippen LogP contribution is 2.24. The number of benzene rings is 2. The molecule has 0 radical (unpaired) electrons. The van der Waals surface area contributed by atoms with E-state index in [4.69, 9.17) is 0 Å². The Labute approximate surface area is 165 Å². The van der Waals surface area contributed by atoms with Gasteiger partial charge >= 0.3 is 0 Å². The van der Waals surface area contributed by atoms with Crippen molar-refractivity contribution in [1.29, 1.82) is 0 Å². The molecule has 0 spiro atoms. The molecule has 0 atom stereocenters. The van der Waals surface area contributed by atoms with Crippen LogP contribution in [0.3, 0.4) is 0 Å². The van der Waals surface area contributed by atoms with Crippen LogP contribution in [0.25, 0.3) is 0 Å². The Bertz CT molecular complexity index is 572. The number of hydrogen-bond acceptors (Lipinski definition) is 0. The summed E-state index contributed by atoms with van der Waals surface area (Å²) in [6, 6.07) is 17.3. The first-order valence-electron chi connectivity index (χ1n) is 9.56. The van der Waals surface area contributed by atoms with Crippen molar-refractivity contribution in [3.05, 3.63) is 70.8 Å². The first-order valence-corrected chi connectivity index (χ1v) is 9.56. The summed E-state index contributed by atoms with van der Waals surface area (Å²) in [6.45, 7) is 22.0. The average molecular weight is 357 g/mol. The third-order valence-electron chi connectivity index (χ3n) is 3.73. The smallest absolute Gasteiger partial charge is 0.0132 e. The lowest BCUT2D eigenvalue weighted by Gasteiger charge is -2.20. The molecule has 2 aromatic carbocycles. The summed E-state index contributed by atoms with van der Waals surface area (Å²) < 4.78 is 0. The van der Waals surface area contributed by atoms with Crippen LogP contribution >= 0.6 is 0 Å². The van der Waals surface area contributed by atoms with Gasteiger partial charge in [0.05, 0.1) is 0 Å². The van der Waals surface area contributed by atoms with E-state index in [0.29, 0.717) is 5.41 Å². The molecule has 0 saturated heterocycles. The molecule has 0 N–H and O–H groups in total. The van der Waals surface area contributed by atoms with Crippen LogP contribution in [0.2, 0.25) is 0 Å². The van der Waals surface area contributed by atoms with Crippen molar-refractivity contribution in [2.24, 2.45) is 0 Å².